The third kappa shape index (κ3) is 4.64. The lowest BCUT2D eigenvalue weighted by Crippen LogP contribution is -2.19. The highest BCUT2D eigenvalue weighted by molar-refractivity contribution is 9.10. The van der Waals surface area contributed by atoms with Crippen LogP contribution in [0.3, 0.4) is 0 Å². The molecule has 1 aliphatic heterocycles. The van der Waals surface area contributed by atoms with Gasteiger partial charge in [-0.2, -0.15) is 5.10 Å². The van der Waals surface area contributed by atoms with E-state index in [2.05, 4.69) is 36.2 Å². The highest BCUT2D eigenvalue weighted by atomic mass is 79.9. The molecule has 0 aromatic heterocycles. The molecular formula is C13H9BrN4O6S. The number of aromatic hydroxyl groups is 1. The second-order valence-corrected chi connectivity index (χ2v) is 6.25. The summed E-state index contributed by atoms with van der Waals surface area (Å²) in [4.78, 5) is 33.0. The Morgan fingerprint density at radius 3 is 2.88 bits per heavy atom. The fourth-order valence-electron chi connectivity index (χ4n) is 1.61. The van der Waals surface area contributed by atoms with Crippen LogP contribution in [0.5, 0.6) is 5.75 Å². The van der Waals surface area contributed by atoms with E-state index in [1.54, 1.807) is 0 Å². The zero-order valence-electron chi connectivity index (χ0n) is 12.4. The number of nitro benzene ring substituents is 1. The zero-order valence-corrected chi connectivity index (χ0v) is 14.8. The van der Waals surface area contributed by atoms with Gasteiger partial charge in [-0.15, -0.1) is 5.10 Å². The number of carbonyl (C=O) groups excluding carboxylic acids is 2. The van der Waals surface area contributed by atoms with E-state index in [9.17, 15) is 24.8 Å². The summed E-state index contributed by atoms with van der Waals surface area (Å²) in [5, 5.41) is 30.4. The quantitative estimate of drug-likeness (QED) is 0.244. The first-order valence-corrected chi connectivity index (χ1v) is 7.99. The molecule has 1 amide bonds. The number of methoxy groups -OCH3 is 1. The molecule has 1 aromatic rings. The van der Waals surface area contributed by atoms with Crippen LogP contribution in [0.1, 0.15) is 5.56 Å². The van der Waals surface area contributed by atoms with E-state index < -0.39 is 28.2 Å². The smallest absolute Gasteiger partial charge is 0.331 e. The van der Waals surface area contributed by atoms with Crippen molar-refractivity contribution in [2.75, 3.05) is 7.11 Å². The van der Waals surface area contributed by atoms with Gasteiger partial charge in [-0.3, -0.25) is 20.2 Å². The zero-order chi connectivity index (χ0) is 18.6. The third-order valence-electron chi connectivity index (χ3n) is 2.72. The molecule has 0 aliphatic carbocycles. The molecule has 0 unspecified atom stereocenters. The van der Waals surface area contributed by atoms with Crippen LogP contribution in [-0.2, 0) is 14.3 Å². The number of thioether (sulfide) groups is 1. The number of hydrogen-bond acceptors (Lipinski definition) is 9. The van der Waals surface area contributed by atoms with Crippen molar-refractivity contribution in [1.82, 2.24) is 5.32 Å². The Bertz CT molecular complexity index is 851. The van der Waals surface area contributed by atoms with Crippen LogP contribution in [0.4, 0.5) is 5.69 Å². The molecule has 0 saturated carbocycles. The van der Waals surface area contributed by atoms with Crippen molar-refractivity contribution < 1.29 is 24.4 Å². The van der Waals surface area contributed by atoms with Crippen LogP contribution in [0, 0.1) is 10.1 Å². The van der Waals surface area contributed by atoms with Gasteiger partial charge in [0.05, 0.1) is 27.6 Å². The first-order chi connectivity index (χ1) is 11.8. The number of nitro groups is 1. The SMILES string of the molecule is COC(=O)/C=C1/S/C(=N\N=Cc2cc(Br)c(O)c([N+](=O)[O-])c2)NC1=O. The van der Waals surface area contributed by atoms with Gasteiger partial charge >= 0.3 is 11.7 Å². The number of amides is 1. The maximum absolute atomic E-state index is 11.6. The molecule has 2 N–H and O–H groups in total. The van der Waals surface area contributed by atoms with Gasteiger partial charge in [-0.05, 0) is 33.8 Å². The third-order valence-corrected chi connectivity index (χ3v) is 4.22. The molecule has 10 nitrogen and oxygen atoms in total. The van der Waals surface area contributed by atoms with Crippen LogP contribution < -0.4 is 5.32 Å². The second-order valence-electron chi connectivity index (χ2n) is 4.37. The lowest BCUT2D eigenvalue weighted by atomic mass is 10.2. The number of rotatable bonds is 4. The highest BCUT2D eigenvalue weighted by Gasteiger charge is 2.25. The number of halogens is 1. The maximum atomic E-state index is 11.6. The number of nitrogens with one attached hydrogen (secondary N) is 1. The van der Waals surface area contributed by atoms with Gasteiger partial charge in [0.25, 0.3) is 5.91 Å². The fourth-order valence-corrected chi connectivity index (χ4v) is 2.81. The number of amidine groups is 1. The van der Waals surface area contributed by atoms with Crippen molar-refractivity contribution in [3.8, 4) is 5.75 Å². The first kappa shape index (κ1) is 18.6. The van der Waals surface area contributed by atoms with Gasteiger partial charge in [-0.25, -0.2) is 4.79 Å². The minimum Gasteiger partial charge on any atom is -0.501 e. The fraction of sp³-hybridized carbons (Fsp3) is 0.0769. The van der Waals surface area contributed by atoms with Crippen LogP contribution in [0.15, 0.2) is 37.8 Å². The summed E-state index contributed by atoms with van der Waals surface area (Å²) in [5.74, 6) is -1.69. The summed E-state index contributed by atoms with van der Waals surface area (Å²) in [6.07, 6.45) is 2.23. The van der Waals surface area contributed by atoms with Crippen LogP contribution in [-0.4, -0.2) is 40.4 Å². The number of carbonyl (C=O) groups is 2. The lowest BCUT2D eigenvalue weighted by Gasteiger charge is -2.00. The molecule has 0 spiro atoms. The molecule has 1 aromatic carbocycles. The van der Waals surface area contributed by atoms with E-state index in [1.165, 1.54) is 19.4 Å². The number of nitrogens with zero attached hydrogens (tertiary/aromatic N) is 3. The summed E-state index contributed by atoms with van der Waals surface area (Å²) in [5.41, 5.74) is -0.185. The van der Waals surface area contributed by atoms with Crippen molar-refractivity contribution in [3.05, 3.63) is 43.3 Å². The Labute approximate surface area is 152 Å². The lowest BCUT2D eigenvalue weighted by molar-refractivity contribution is -0.386. The van der Waals surface area contributed by atoms with E-state index in [0.717, 1.165) is 23.9 Å². The Morgan fingerprint density at radius 1 is 1.52 bits per heavy atom. The summed E-state index contributed by atoms with van der Waals surface area (Å²) >= 11 is 3.89. The van der Waals surface area contributed by atoms with Gasteiger partial charge in [0.1, 0.15) is 0 Å². The molecule has 1 heterocycles. The molecule has 1 aliphatic rings. The van der Waals surface area contributed by atoms with Gasteiger partial charge < -0.3 is 9.84 Å². The molecular weight excluding hydrogens is 420 g/mol. The average Bonchev–Trinajstić information content (AvgIpc) is 2.89. The van der Waals surface area contributed by atoms with Crippen molar-refractivity contribution in [3.63, 3.8) is 0 Å². The number of ether oxygens (including phenoxy) is 1. The summed E-state index contributed by atoms with van der Waals surface area (Å²) in [6.45, 7) is 0. The first-order valence-electron chi connectivity index (χ1n) is 6.38. The summed E-state index contributed by atoms with van der Waals surface area (Å²) < 4.78 is 4.56. The van der Waals surface area contributed by atoms with Crippen LogP contribution >= 0.6 is 27.7 Å². The van der Waals surface area contributed by atoms with E-state index in [4.69, 9.17) is 0 Å². The number of esters is 1. The second kappa shape index (κ2) is 7.90. The Balaban J connectivity index is 2.17. The van der Waals surface area contributed by atoms with Crippen molar-refractivity contribution >= 4 is 56.6 Å². The number of benzene rings is 1. The standard InChI is InChI=1S/C13H9BrN4O6S/c1-24-10(19)4-9-12(21)16-13(25-9)17-15-5-6-2-7(14)11(20)8(3-6)18(22)23/h2-5,20H,1H3,(H,16,17,21)/b9-4+,15-5?. The number of hydrogen-bond donors (Lipinski definition) is 2. The summed E-state index contributed by atoms with van der Waals surface area (Å²) in [7, 11) is 1.19. The molecule has 25 heavy (non-hydrogen) atoms. The van der Waals surface area contributed by atoms with Gasteiger partial charge in [0.15, 0.2) is 5.17 Å². The molecule has 0 radical (unpaired) electrons. The molecule has 1 saturated heterocycles. The molecule has 0 atom stereocenters. The Hall–Kier alpha value is -2.73. The van der Waals surface area contributed by atoms with E-state index in [1.807, 2.05) is 0 Å². The van der Waals surface area contributed by atoms with Gasteiger partial charge in [-0.1, -0.05) is 0 Å². The van der Waals surface area contributed by atoms with Crippen LogP contribution in [0.25, 0.3) is 0 Å². The number of phenols is 1. The molecule has 2 rings (SSSR count). The topological polar surface area (TPSA) is 143 Å². The van der Waals surface area contributed by atoms with Crippen LogP contribution in [0.2, 0.25) is 0 Å². The van der Waals surface area contributed by atoms with Gasteiger partial charge in [0, 0.05) is 17.7 Å². The van der Waals surface area contributed by atoms with Crippen molar-refractivity contribution in [2.45, 2.75) is 0 Å². The maximum Gasteiger partial charge on any atom is 0.331 e. The van der Waals surface area contributed by atoms with Gasteiger partial charge in [0.2, 0.25) is 5.75 Å². The molecule has 1 fully saturated rings. The number of phenolic OH excluding ortho intramolecular Hbond substituents is 1. The minimum atomic E-state index is -0.736. The molecule has 0 bridgehead atoms. The predicted molar refractivity (Wildman–Crippen MR) is 93.3 cm³/mol. The van der Waals surface area contributed by atoms with E-state index >= 15 is 0 Å². The highest BCUT2D eigenvalue weighted by Crippen LogP contribution is 2.34. The van der Waals surface area contributed by atoms with E-state index in [0.29, 0.717) is 5.56 Å². The Kier molecular flexibility index (Phi) is 5.88. The molecule has 130 valence electrons. The monoisotopic (exact) mass is 428 g/mol. The van der Waals surface area contributed by atoms with Crippen molar-refractivity contribution in [2.24, 2.45) is 10.2 Å². The van der Waals surface area contributed by atoms with Crippen molar-refractivity contribution in [1.29, 1.82) is 0 Å². The largest absolute Gasteiger partial charge is 0.501 e. The Morgan fingerprint density at radius 2 is 2.24 bits per heavy atom. The summed E-state index contributed by atoms with van der Waals surface area (Å²) in [6, 6.07) is 2.53. The minimum absolute atomic E-state index is 0.101. The average molecular weight is 429 g/mol. The normalized spacial score (nSPS) is 17.3. The molecule has 12 heteroatoms. The predicted octanol–water partition coefficient (Wildman–Crippen LogP) is 1.67. The van der Waals surface area contributed by atoms with E-state index in [-0.39, 0.29) is 14.5 Å².